The minimum atomic E-state index is -3.57. The number of piperidine rings is 1. The van der Waals surface area contributed by atoms with Crippen molar-refractivity contribution in [2.45, 2.75) is 81.7 Å². The fourth-order valence-electron chi connectivity index (χ4n) is 4.36. The molecule has 1 aromatic carbocycles. The molecule has 30 heavy (non-hydrogen) atoms. The van der Waals surface area contributed by atoms with Crippen molar-refractivity contribution in [3.8, 4) is 0 Å². The summed E-state index contributed by atoms with van der Waals surface area (Å²) in [5, 5.41) is 5.47. The van der Waals surface area contributed by atoms with E-state index in [0.717, 1.165) is 50.5 Å². The Balaban J connectivity index is 1.53. The fourth-order valence-corrected chi connectivity index (χ4v) is 6.08. The molecule has 0 bridgehead atoms. The van der Waals surface area contributed by atoms with E-state index in [1.165, 1.54) is 6.42 Å². The van der Waals surface area contributed by atoms with Crippen LogP contribution in [0.2, 0.25) is 0 Å². The smallest absolute Gasteiger partial charge is 0.309 e. The Labute approximate surface area is 179 Å². The van der Waals surface area contributed by atoms with Crippen LogP contribution >= 0.6 is 0 Å². The van der Waals surface area contributed by atoms with Gasteiger partial charge in [0, 0.05) is 25.2 Å². The monoisotopic (exact) mass is 435 g/mol. The minimum Gasteiger partial charge on any atom is -0.348 e. The number of carbonyl (C=O) groups excluding carboxylic acids is 2. The average molecular weight is 436 g/mol. The van der Waals surface area contributed by atoms with Gasteiger partial charge >= 0.3 is 11.8 Å². The molecule has 0 spiro atoms. The van der Waals surface area contributed by atoms with Crippen molar-refractivity contribution in [1.82, 2.24) is 14.9 Å². The summed E-state index contributed by atoms with van der Waals surface area (Å²) in [5.41, 5.74) is 1.01. The van der Waals surface area contributed by atoms with Gasteiger partial charge < -0.3 is 10.6 Å². The summed E-state index contributed by atoms with van der Waals surface area (Å²) in [6.45, 7) is 2.69. The van der Waals surface area contributed by atoms with Crippen molar-refractivity contribution in [3.05, 3.63) is 29.8 Å². The lowest BCUT2D eigenvalue weighted by atomic mass is 9.95. The van der Waals surface area contributed by atoms with Crippen LogP contribution in [0.3, 0.4) is 0 Å². The van der Waals surface area contributed by atoms with Crippen LogP contribution in [0.1, 0.15) is 63.4 Å². The SMILES string of the molecule is Cc1ccc(S(=O)(=O)N2CCCC[C@@H]2CCNC(=O)C(=O)NC2CCCCC2)cc1. The van der Waals surface area contributed by atoms with E-state index >= 15 is 0 Å². The summed E-state index contributed by atoms with van der Waals surface area (Å²) in [6, 6.07) is 6.81. The predicted octanol–water partition coefficient (Wildman–Crippen LogP) is 2.49. The van der Waals surface area contributed by atoms with Gasteiger partial charge in [0.25, 0.3) is 0 Å². The first-order valence-corrected chi connectivity index (χ1v) is 12.5. The third kappa shape index (κ3) is 5.82. The summed E-state index contributed by atoms with van der Waals surface area (Å²) in [7, 11) is -3.57. The highest BCUT2D eigenvalue weighted by molar-refractivity contribution is 7.89. The summed E-state index contributed by atoms with van der Waals surface area (Å²) >= 11 is 0. The quantitative estimate of drug-likeness (QED) is 0.671. The van der Waals surface area contributed by atoms with E-state index in [1.807, 2.05) is 6.92 Å². The van der Waals surface area contributed by atoms with Gasteiger partial charge in [-0.25, -0.2) is 8.42 Å². The molecular weight excluding hydrogens is 402 g/mol. The fraction of sp³-hybridized carbons (Fsp3) is 0.636. The lowest BCUT2D eigenvalue weighted by Crippen LogP contribution is -2.47. The van der Waals surface area contributed by atoms with Crippen LogP contribution in [0.4, 0.5) is 0 Å². The average Bonchev–Trinajstić information content (AvgIpc) is 2.75. The highest BCUT2D eigenvalue weighted by atomic mass is 32.2. The molecule has 0 aromatic heterocycles. The molecule has 2 fully saturated rings. The number of nitrogens with one attached hydrogen (secondary N) is 2. The number of rotatable bonds is 6. The van der Waals surface area contributed by atoms with Crippen LogP contribution in [-0.4, -0.2) is 49.7 Å². The first-order valence-electron chi connectivity index (χ1n) is 11.0. The second-order valence-electron chi connectivity index (χ2n) is 8.43. The number of hydrogen-bond acceptors (Lipinski definition) is 4. The summed E-state index contributed by atoms with van der Waals surface area (Å²) < 4.78 is 27.8. The van der Waals surface area contributed by atoms with Crippen LogP contribution in [0.25, 0.3) is 0 Å². The van der Waals surface area contributed by atoms with Crippen molar-refractivity contribution in [1.29, 1.82) is 0 Å². The van der Waals surface area contributed by atoms with Crippen LogP contribution in [-0.2, 0) is 19.6 Å². The van der Waals surface area contributed by atoms with Crippen LogP contribution in [0.5, 0.6) is 0 Å². The van der Waals surface area contributed by atoms with Gasteiger partial charge in [0.05, 0.1) is 4.90 Å². The molecule has 2 N–H and O–H groups in total. The van der Waals surface area contributed by atoms with E-state index in [4.69, 9.17) is 0 Å². The molecule has 1 aliphatic carbocycles. The van der Waals surface area contributed by atoms with Crippen molar-refractivity contribution < 1.29 is 18.0 Å². The Hall–Kier alpha value is -1.93. The van der Waals surface area contributed by atoms with Gasteiger partial charge in [-0.15, -0.1) is 0 Å². The molecule has 166 valence electrons. The molecule has 3 rings (SSSR count). The van der Waals surface area contributed by atoms with Crippen molar-refractivity contribution >= 4 is 21.8 Å². The number of aryl methyl sites for hydroxylation is 1. The van der Waals surface area contributed by atoms with Crippen LogP contribution in [0.15, 0.2) is 29.2 Å². The van der Waals surface area contributed by atoms with Gasteiger partial charge in [0.2, 0.25) is 10.0 Å². The Morgan fingerprint density at radius 3 is 2.33 bits per heavy atom. The first kappa shape index (κ1) is 22.7. The number of carbonyl (C=O) groups is 2. The predicted molar refractivity (Wildman–Crippen MR) is 115 cm³/mol. The Bertz CT molecular complexity index is 832. The Morgan fingerprint density at radius 1 is 0.967 bits per heavy atom. The van der Waals surface area contributed by atoms with Crippen molar-refractivity contribution in [2.75, 3.05) is 13.1 Å². The molecule has 2 amide bonds. The molecule has 1 heterocycles. The number of hydrogen-bond donors (Lipinski definition) is 2. The lowest BCUT2D eigenvalue weighted by Gasteiger charge is -2.34. The second-order valence-corrected chi connectivity index (χ2v) is 10.3. The van der Waals surface area contributed by atoms with Crippen LogP contribution in [0, 0.1) is 6.92 Å². The maximum atomic E-state index is 13.1. The zero-order valence-electron chi connectivity index (χ0n) is 17.7. The van der Waals surface area contributed by atoms with Crippen LogP contribution < -0.4 is 10.6 Å². The molecule has 7 nitrogen and oxygen atoms in total. The first-order chi connectivity index (χ1) is 14.4. The number of amides is 2. The van der Waals surface area contributed by atoms with Gasteiger partial charge in [-0.1, -0.05) is 43.4 Å². The summed E-state index contributed by atoms with van der Waals surface area (Å²) in [5.74, 6) is -1.22. The highest BCUT2D eigenvalue weighted by Gasteiger charge is 2.33. The zero-order valence-corrected chi connectivity index (χ0v) is 18.5. The highest BCUT2D eigenvalue weighted by Crippen LogP contribution is 2.27. The molecule has 0 radical (unpaired) electrons. The largest absolute Gasteiger partial charge is 0.348 e. The standard InChI is InChI=1S/C22H33N3O4S/c1-17-10-12-20(13-11-17)30(28,29)25-16-6-5-9-19(25)14-15-23-21(26)22(27)24-18-7-3-2-4-8-18/h10-13,18-19H,2-9,14-16H2,1H3,(H,23,26)(H,24,27)/t19-/m1/s1. The normalized spacial score (nSPS) is 21.2. The molecule has 1 aliphatic heterocycles. The topological polar surface area (TPSA) is 95.6 Å². The number of benzene rings is 1. The van der Waals surface area contributed by atoms with Gasteiger partial charge in [-0.2, -0.15) is 4.31 Å². The number of sulfonamides is 1. The Kier molecular flexibility index (Phi) is 7.88. The van der Waals surface area contributed by atoms with E-state index in [-0.39, 0.29) is 18.6 Å². The van der Waals surface area contributed by atoms with E-state index < -0.39 is 21.8 Å². The van der Waals surface area contributed by atoms with E-state index in [0.29, 0.717) is 17.9 Å². The van der Waals surface area contributed by atoms with E-state index in [2.05, 4.69) is 10.6 Å². The number of nitrogens with zero attached hydrogens (tertiary/aromatic N) is 1. The maximum Gasteiger partial charge on any atom is 0.309 e. The molecule has 1 atom stereocenters. The minimum absolute atomic E-state index is 0.0884. The molecule has 8 heteroatoms. The van der Waals surface area contributed by atoms with Gasteiger partial charge in [0.1, 0.15) is 0 Å². The molecule has 1 aromatic rings. The lowest BCUT2D eigenvalue weighted by molar-refractivity contribution is -0.139. The molecule has 0 unspecified atom stereocenters. The maximum absolute atomic E-state index is 13.1. The van der Waals surface area contributed by atoms with E-state index in [1.54, 1.807) is 28.6 Å². The van der Waals surface area contributed by atoms with Gasteiger partial charge in [-0.3, -0.25) is 9.59 Å². The van der Waals surface area contributed by atoms with E-state index in [9.17, 15) is 18.0 Å². The molecular formula is C22H33N3O4S. The Morgan fingerprint density at radius 2 is 1.63 bits per heavy atom. The van der Waals surface area contributed by atoms with Gasteiger partial charge in [-0.05, 0) is 51.2 Å². The summed E-state index contributed by atoms with van der Waals surface area (Å²) in [6.07, 6.45) is 8.24. The third-order valence-electron chi connectivity index (χ3n) is 6.11. The molecule has 1 saturated carbocycles. The molecule has 2 aliphatic rings. The van der Waals surface area contributed by atoms with Gasteiger partial charge in [0.15, 0.2) is 0 Å². The van der Waals surface area contributed by atoms with Crippen molar-refractivity contribution in [2.24, 2.45) is 0 Å². The zero-order chi connectivity index (χ0) is 21.6. The second kappa shape index (κ2) is 10.4. The third-order valence-corrected chi connectivity index (χ3v) is 8.08. The molecule has 1 saturated heterocycles. The van der Waals surface area contributed by atoms with Crippen molar-refractivity contribution in [3.63, 3.8) is 0 Å². The summed E-state index contributed by atoms with van der Waals surface area (Å²) in [4.78, 5) is 24.5.